The van der Waals surface area contributed by atoms with Gasteiger partial charge >= 0.3 is 0 Å². The molecular formula is C13H15IO3. The number of rotatable bonds is 5. The first kappa shape index (κ1) is 13.0. The fraction of sp³-hybridized carbons (Fsp3) is 0.385. The molecule has 4 heteroatoms. The molecule has 2 rings (SSSR count). The Morgan fingerprint density at radius 2 is 2.24 bits per heavy atom. The van der Waals surface area contributed by atoms with Gasteiger partial charge in [-0.1, -0.05) is 59.0 Å². The van der Waals surface area contributed by atoms with E-state index in [-0.39, 0.29) is 16.5 Å². The predicted octanol–water partition coefficient (Wildman–Crippen LogP) is 2.89. The van der Waals surface area contributed by atoms with Crippen LogP contribution in [0.5, 0.6) is 0 Å². The molecule has 0 spiro atoms. The molecule has 17 heavy (non-hydrogen) atoms. The molecular weight excluding hydrogens is 331 g/mol. The van der Waals surface area contributed by atoms with E-state index in [1.54, 1.807) is 0 Å². The zero-order valence-electron chi connectivity index (χ0n) is 9.42. The molecule has 1 fully saturated rings. The van der Waals surface area contributed by atoms with Gasteiger partial charge in [-0.05, 0) is 5.56 Å². The summed E-state index contributed by atoms with van der Waals surface area (Å²) in [6, 6.07) is 10.0. The average molecular weight is 346 g/mol. The van der Waals surface area contributed by atoms with Crippen LogP contribution in [0.25, 0.3) is 0 Å². The Morgan fingerprint density at radius 3 is 2.94 bits per heavy atom. The van der Waals surface area contributed by atoms with Crippen molar-refractivity contribution in [3.05, 3.63) is 48.6 Å². The van der Waals surface area contributed by atoms with Crippen LogP contribution in [0.2, 0.25) is 0 Å². The molecule has 0 amide bonds. The zero-order valence-corrected chi connectivity index (χ0v) is 11.6. The Hall–Kier alpha value is -0.430. The second kappa shape index (κ2) is 6.49. The van der Waals surface area contributed by atoms with E-state index in [0.717, 1.165) is 5.56 Å². The average Bonchev–Trinajstić information content (AvgIpc) is 2.85. The van der Waals surface area contributed by atoms with Gasteiger partial charge in [-0.15, -0.1) is 6.58 Å². The third-order valence-electron chi connectivity index (χ3n) is 2.45. The van der Waals surface area contributed by atoms with Crippen molar-refractivity contribution in [2.45, 2.75) is 23.1 Å². The van der Waals surface area contributed by atoms with E-state index in [2.05, 4.69) is 29.2 Å². The van der Waals surface area contributed by atoms with Crippen LogP contribution in [0.1, 0.15) is 5.56 Å². The Balaban J connectivity index is 1.77. The van der Waals surface area contributed by atoms with E-state index in [0.29, 0.717) is 13.2 Å². The summed E-state index contributed by atoms with van der Waals surface area (Å²) < 4.78 is 16.9. The van der Waals surface area contributed by atoms with Crippen molar-refractivity contribution in [2.75, 3.05) is 6.61 Å². The number of hydrogen-bond acceptors (Lipinski definition) is 3. The van der Waals surface area contributed by atoms with Crippen molar-refractivity contribution >= 4 is 22.6 Å². The molecule has 1 saturated heterocycles. The Morgan fingerprint density at radius 1 is 1.47 bits per heavy atom. The summed E-state index contributed by atoms with van der Waals surface area (Å²) >= 11 is 2.23. The Labute approximate surface area is 115 Å². The number of benzene rings is 1. The van der Waals surface area contributed by atoms with Gasteiger partial charge in [-0.3, -0.25) is 0 Å². The largest absolute Gasteiger partial charge is 0.346 e. The molecule has 0 saturated carbocycles. The Bertz CT molecular complexity index is 355. The SMILES string of the molecule is C=CC(I)C1OCC(OCc2ccccc2)O1. The van der Waals surface area contributed by atoms with Crippen LogP contribution in [0.3, 0.4) is 0 Å². The molecule has 1 heterocycles. The van der Waals surface area contributed by atoms with E-state index in [1.165, 1.54) is 0 Å². The van der Waals surface area contributed by atoms with Gasteiger partial charge in [-0.2, -0.15) is 0 Å². The molecule has 1 aromatic rings. The third kappa shape index (κ3) is 3.77. The molecule has 0 aromatic heterocycles. The highest BCUT2D eigenvalue weighted by atomic mass is 127. The lowest BCUT2D eigenvalue weighted by Gasteiger charge is -2.14. The highest BCUT2D eigenvalue weighted by Gasteiger charge is 2.30. The predicted molar refractivity (Wildman–Crippen MR) is 73.8 cm³/mol. The van der Waals surface area contributed by atoms with Gasteiger partial charge in [0.25, 0.3) is 0 Å². The summed E-state index contributed by atoms with van der Waals surface area (Å²) in [5.41, 5.74) is 1.13. The minimum atomic E-state index is -0.280. The van der Waals surface area contributed by atoms with Gasteiger partial charge in [0.1, 0.15) is 6.61 Å². The van der Waals surface area contributed by atoms with Crippen LogP contribution in [-0.4, -0.2) is 23.1 Å². The van der Waals surface area contributed by atoms with E-state index in [1.807, 2.05) is 36.4 Å². The summed E-state index contributed by atoms with van der Waals surface area (Å²) in [5, 5.41) is 0. The summed E-state index contributed by atoms with van der Waals surface area (Å²) in [6.07, 6.45) is 1.29. The highest BCUT2D eigenvalue weighted by molar-refractivity contribution is 14.1. The molecule has 0 aliphatic carbocycles. The van der Waals surface area contributed by atoms with Crippen LogP contribution in [0.4, 0.5) is 0 Å². The van der Waals surface area contributed by atoms with Gasteiger partial charge < -0.3 is 14.2 Å². The van der Waals surface area contributed by atoms with Crippen molar-refractivity contribution in [2.24, 2.45) is 0 Å². The van der Waals surface area contributed by atoms with Crippen molar-refractivity contribution in [3.63, 3.8) is 0 Å². The minimum absolute atomic E-state index is 0.151. The quantitative estimate of drug-likeness (QED) is 0.466. The summed E-state index contributed by atoms with van der Waals surface area (Å²) in [7, 11) is 0. The summed E-state index contributed by atoms with van der Waals surface area (Å²) in [5.74, 6) is 0. The van der Waals surface area contributed by atoms with Gasteiger partial charge in [0.05, 0.1) is 10.5 Å². The fourth-order valence-corrected chi connectivity index (χ4v) is 1.91. The first-order valence-electron chi connectivity index (χ1n) is 5.49. The highest BCUT2D eigenvalue weighted by Crippen LogP contribution is 2.22. The summed E-state index contributed by atoms with van der Waals surface area (Å²) in [4.78, 5) is 0. The lowest BCUT2D eigenvalue weighted by atomic mass is 10.2. The smallest absolute Gasteiger partial charge is 0.184 e. The molecule has 1 aliphatic rings. The molecule has 1 aliphatic heterocycles. The van der Waals surface area contributed by atoms with E-state index in [9.17, 15) is 0 Å². The molecule has 92 valence electrons. The molecule has 0 bridgehead atoms. The van der Waals surface area contributed by atoms with Crippen LogP contribution in [-0.2, 0) is 20.8 Å². The molecule has 3 nitrogen and oxygen atoms in total. The van der Waals surface area contributed by atoms with Crippen molar-refractivity contribution in [3.8, 4) is 0 Å². The van der Waals surface area contributed by atoms with Crippen molar-refractivity contribution in [1.82, 2.24) is 0 Å². The zero-order chi connectivity index (χ0) is 12.1. The number of hydrogen-bond donors (Lipinski definition) is 0. The lowest BCUT2D eigenvalue weighted by Crippen LogP contribution is -2.21. The van der Waals surface area contributed by atoms with Crippen LogP contribution < -0.4 is 0 Å². The lowest BCUT2D eigenvalue weighted by molar-refractivity contribution is -0.144. The van der Waals surface area contributed by atoms with E-state index in [4.69, 9.17) is 14.2 Å². The second-order valence-electron chi connectivity index (χ2n) is 3.74. The third-order valence-corrected chi connectivity index (χ3v) is 3.54. The summed E-state index contributed by atoms with van der Waals surface area (Å²) in [6.45, 7) is 4.74. The van der Waals surface area contributed by atoms with Crippen LogP contribution in [0, 0.1) is 0 Å². The second-order valence-corrected chi connectivity index (χ2v) is 5.18. The normalized spacial score (nSPS) is 25.7. The maximum absolute atomic E-state index is 5.63. The number of ether oxygens (including phenoxy) is 3. The van der Waals surface area contributed by atoms with Gasteiger partial charge in [0.2, 0.25) is 0 Å². The van der Waals surface area contributed by atoms with Gasteiger partial charge in [0, 0.05) is 0 Å². The molecule has 0 N–H and O–H groups in total. The van der Waals surface area contributed by atoms with Gasteiger partial charge in [0.15, 0.2) is 12.6 Å². The van der Waals surface area contributed by atoms with E-state index < -0.39 is 0 Å². The fourth-order valence-electron chi connectivity index (χ4n) is 1.53. The molecule has 1 aromatic carbocycles. The first-order chi connectivity index (χ1) is 8.29. The van der Waals surface area contributed by atoms with Gasteiger partial charge in [-0.25, -0.2) is 0 Å². The Kier molecular flexibility index (Phi) is 4.97. The monoisotopic (exact) mass is 346 g/mol. The van der Waals surface area contributed by atoms with Crippen LogP contribution in [0.15, 0.2) is 43.0 Å². The number of alkyl halides is 1. The standard InChI is InChI=1S/C13H15IO3/c1-2-11(14)13-16-9-12(17-13)15-8-10-6-4-3-5-7-10/h2-7,11-13H,1,8-9H2. The molecule has 3 atom stereocenters. The number of halogens is 1. The first-order valence-corrected chi connectivity index (χ1v) is 6.73. The maximum Gasteiger partial charge on any atom is 0.184 e. The molecule has 3 unspecified atom stereocenters. The topological polar surface area (TPSA) is 27.7 Å². The van der Waals surface area contributed by atoms with Crippen LogP contribution >= 0.6 is 22.6 Å². The van der Waals surface area contributed by atoms with Crippen molar-refractivity contribution < 1.29 is 14.2 Å². The minimum Gasteiger partial charge on any atom is -0.346 e. The van der Waals surface area contributed by atoms with E-state index >= 15 is 0 Å². The maximum atomic E-state index is 5.63. The van der Waals surface area contributed by atoms with Crippen molar-refractivity contribution in [1.29, 1.82) is 0 Å². The molecule has 0 radical (unpaired) electrons.